The summed E-state index contributed by atoms with van der Waals surface area (Å²) >= 11 is 0. The van der Waals surface area contributed by atoms with Crippen molar-refractivity contribution >= 4 is 16.6 Å². The van der Waals surface area contributed by atoms with Crippen LogP contribution in [-0.2, 0) is 18.3 Å². The summed E-state index contributed by atoms with van der Waals surface area (Å²) in [6.45, 7) is 12.5. The van der Waals surface area contributed by atoms with Crippen molar-refractivity contribution in [1.82, 2.24) is 0 Å². The number of methoxy groups -OCH3 is 1. The molecule has 1 fully saturated rings. The summed E-state index contributed by atoms with van der Waals surface area (Å²) in [7, 11) is -2.11. The van der Waals surface area contributed by atoms with E-state index in [1.54, 1.807) is 7.11 Å². The highest BCUT2D eigenvalue weighted by Crippen LogP contribution is 2.29. The molecule has 0 aromatic rings. The Bertz CT molecular complexity index is 332. The number of ether oxygens (including phenoxy) is 2. The molecule has 0 aromatic heterocycles. The average molecular weight is 338 g/mol. The lowest BCUT2D eigenvalue weighted by atomic mass is 9.98. The van der Waals surface area contributed by atoms with Crippen LogP contribution in [0, 0.1) is 0 Å². The highest BCUT2D eigenvalue weighted by molar-refractivity contribution is 6.70. The normalized spacial score (nSPS) is 35.0. The number of aliphatic hydroxyl groups excluding tert-OH is 1. The lowest BCUT2D eigenvalue weighted by Gasteiger charge is -2.47. The molecule has 8 heteroatoms. The molecule has 0 saturated carbocycles. The van der Waals surface area contributed by atoms with E-state index in [9.17, 15) is 5.11 Å². The molecule has 0 amide bonds. The molecule has 1 rings (SSSR count). The van der Waals surface area contributed by atoms with Crippen molar-refractivity contribution in [3.63, 3.8) is 0 Å². The maximum atomic E-state index is 9.64. The van der Waals surface area contributed by atoms with Gasteiger partial charge < -0.3 is 29.2 Å². The van der Waals surface area contributed by atoms with Crippen molar-refractivity contribution in [2.75, 3.05) is 13.7 Å². The smallest absolute Gasteiger partial charge is 0.184 e. The molecule has 0 aliphatic carbocycles. The molecule has 0 spiro atoms. The quantitative estimate of drug-likeness (QED) is 0.707. The van der Waals surface area contributed by atoms with E-state index in [-0.39, 0.29) is 18.8 Å². The molecule has 1 aliphatic rings. The van der Waals surface area contributed by atoms with Crippen LogP contribution in [0.15, 0.2) is 0 Å². The molecule has 1 aliphatic heterocycles. The van der Waals surface area contributed by atoms with Gasteiger partial charge in [0.25, 0.3) is 0 Å². The van der Waals surface area contributed by atoms with Crippen LogP contribution in [0.2, 0.25) is 39.3 Å². The van der Waals surface area contributed by atoms with E-state index in [1.807, 2.05) is 0 Å². The van der Waals surface area contributed by atoms with Gasteiger partial charge in [-0.15, -0.1) is 0 Å². The summed E-state index contributed by atoms with van der Waals surface area (Å²) in [4.78, 5) is 0. The Labute approximate surface area is 130 Å². The van der Waals surface area contributed by atoms with E-state index in [0.717, 1.165) is 0 Å². The zero-order valence-corrected chi connectivity index (χ0v) is 16.3. The highest BCUT2D eigenvalue weighted by Gasteiger charge is 2.48. The lowest BCUT2D eigenvalue weighted by Crippen LogP contribution is -2.66. The summed E-state index contributed by atoms with van der Waals surface area (Å²) in [5.74, 6) is 0. The number of nitrogens with two attached hydrogens (primary N) is 1. The van der Waals surface area contributed by atoms with Crippen molar-refractivity contribution < 1.29 is 23.4 Å². The Morgan fingerprint density at radius 3 is 1.86 bits per heavy atom. The second kappa shape index (κ2) is 7.18. The summed E-state index contributed by atoms with van der Waals surface area (Å²) in [6, 6.07) is -0.439. The van der Waals surface area contributed by atoms with Gasteiger partial charge in [0.1, 0.15) is 12.2 Å². The molecular weight excluding hydrogens is 306 g/mol. The third kappa shape index (κ3) is 5.72. The molecule has 1 saturated heterocycles. The van der Waals surface area contributed by atoms with E-state index in [2.05, 4.69) is 39.3 Å². The zero-order valence-electron chi connectivity index (χ0n) is 14.3. The maximum absolute atomic E-state index is 9.64. The van der Waals surface area contributed by atoms with Crippen LogP contribution in [0.1, 0.15) is 0 Å². The molecular formula is C13H31NO5Si2. The highest BCUT2D eigenvalue weighted by atomic mass is 28.4. The Morgan fingerprint density at radius 1 is 1.00 bits per heavy atom. The predicted octanol–water partition coefficient (Wildman–Crippen LogP) is 1.12. The fraction of sp³-hybridized carbons (Fsp3) is 1.00. The van der Waals surface area contributed by atoms with Crippen molar-refractivity contribution in [3.05, 3.63) is 0 Å². The first-order valence-electron chi connectivity index (χ1n) is 7.39. The minimum Gasteiger partial charge on any atom is -0.410 e. The molecule has 21 heavy (non-hydrogen) atoms. The van der Waals surface area contributed by atoms with E-state index in [1.165, 1.54) is 0 Å². The van der Waals surface area contributed by atoms with Gasteiger partial charge >= 0.3 is 0 Å². The average Bonchev–Trinajstić information content (AvgIpc) is 2.31. The van der Waals surface area contributed by atoms with E-state index < -0.39 is 35.1 Å². The first-order chi connectivity index (χ1) is 9.48. The van der Waals surface area contributed by atoms with E-state index >= 15 is 0 Å². The number of rotatable bonds is 6. The second-order valence-corrected chi connectivity index (χ2v) is 16.3. The standard InChI is InChI=1S/C13H31NO5Si2/c1-16-13-10(14)12(19-21(5,6)7)11(9(8-15)17-13)18-20(2,3)4/h9-13,15H,8,14H2,1-7H3/t9-,10-,11+,12-,13-/m1/s1. The van der Waals surface area contributed by atoms with Crippen molar-refractivity contribution in [2.45, 2.75) is 69.9 Å². The summed E-state index contributed by atoms with van der Waals surface area (Å²) < 4.78 is 23.5. The number of hydrogen-bond donors (Lipinski definition) is 2. The summed E-state index contributed by atoms with van der Waals surface area (Å²) in [5, 5.41) is 9.64. The van der Waals surface area contributed by atoms with Crippen molar-refractivity contribution in [3.8, 4) is 0 Å². The Hall–Kier alpha value is 0.194. The SMILES string of the molecule is CO[C@@H]1O[C@H](CO)[C@H](O[Si](C)(C)C)[C@H](O[Si](C)(C)C)[C@H]1N. The molecule has 1 heterocycles. The monoisotopic (exact) mass is 337 g/mol. The molecule has 126 valence electrons. The van der Waals surface area contributed by atoms with Gasteiger partial charge in [0.2, 0.25) is 0 Å². The maximum Gasteiger partial charge on any atom is 0.184 e. The van der Waals surface area contributed by atoms with Crippen LogP contribution >= 0.6 is 0 Å². The number of aliphatic hydroxyl groups is 1. The van der Waals surface area contributed by atoms with Crippen LogP contribution in [0.5, 0.6) is 0 Å². The summed E-state index contributed by atoms with van der Waals surface area (Å²) in [6.07, 6.45) is -1.78. The van der Waals surface area contributed by atoms with E-state index in [4.69, 9.17) is 24.1 Å². The fourth-order valence-corrected chi connectivity index (χ4v) is 4.60. The summed E-state index contributed by atoms with van der Waals surface area (Å²) in [5.41, 5.74) is 6.27. The predicted molar refractivity (Wildman–Crippen MR) is 87.2 cm³/mol. The van der Waals surface area contributed by atoms with Gasteiger partial charge in [-0.2, -0.15) is 0 Å². The van der Waals surface area contributed by atoms with Crippen LogP contribution in [0.3, 0.4) is 0 Å². The van der Waals surface area contributed by atoms with Crippen molar-refractivity contribution in [2.24, 2.45) is 5.73 Å². The van der Waals surface area contributed by atoms with Gasteiger partial charge in [-0.05, 0) is 39.3 Å². The fourth-order valence-electron chi connectivity index (χ4n) is 2.39. The van der Waals surface area contributed by atoms with Crippen molar-refractivity contribution in [1.29, 1.82) is 0 Å². The van der Waals surface area contributed by atoms with Gasteiger partial charge in [0.05, 0.1) is 18.8 Å². The Morgan fingerprint density at radius 2 is 1.48 bits per heavy atom. The van der Waals surface area contributed by atoms with Gasteiger partial charge in [-0.3, -0.25) is 0 Å². The molecule has 6 nitrogen and oxygen atoms in total. The second-order valence-electron chi connectivity index (χ2n) is 7.43. The topological polar surface area (TPSA) is 83.2 Å². The molecule has 0 aromatic carbocycles. The Balaban J connectivity index is 3.04. The number of hydrogen-bond acceptors (Lipinski definition) is 6. The van der Waals surface area contributed by atoms with Crippen LogP contribution in [0.4, 0.5) is 0 Å². The van der Waals surface area contributed by atoms with E-state index in [0.29, 0.717) is 0 Å². The Kier molecular flexibility index (Phi) is 6.58. The molecule has 0 radical (unpaired) electrons. The van der Waals surface area contributed by atoms with Crippen LogP contribution in [0.25, 0.3) is 0 Å². The molecule has 0 unspecified atom stereocenters. The molecule has 5 atom stereocenters. The first kappa shape index (κ1) is 19.2. The minimum absolute atomic E-state index is 0.146. The molecule has 3 N–H and O–H groups in total. The van der Waals surface area contributed by atoms with Gasteiger partial charge in [-0.1, -0.05) is 0 Å². The van der Waals surface area contributed by atoms with Crippen LogP contribution < -0.4 is 5.73 Å². The van der Waals surface area contributed by atoms with Gasteiger partial charge in [-0.25, -0.2) is 0 Å². The third-order valence-electron chi connectivity index (χ3n) is 3.08. The lowest BCUT2D eigenvalue weighted by molar-refractivity contribution is -0.251. The van der Waals surface area contributed by atoms with Gasteiger partial charge in [0.15, 0.2) is 22.9 Å². The van der Waals surface area contributed by atoms with Gasteiger partial charge in [0, 0.05) is 7.11 Å². The third-order valence-corrected chi connectivity index (χ3v) is 5.04. The minimum atomic E-state index is -1.83. The first-order valence-corrected chi connectivity index (χ1v) is 14.2. The van der Waals surface area contributed by atoms with Crippen LogP contribution in [-0.4, -0.2) is 66.1 Å². The zero-order chi connectivity index (χ0) is 16.4. The largest absolute Gasteiger partial charge is 0.410 e. The molecule has 0 bridgehead atoms.